The minimum Gasteiger partial charge on any atom is -0.374 e. The highest BCUT2D eigenvalue weighted by Gasteiger charge is 2.23. The first-order valence-electron chi connectivity index (χ1n) is 7.15. The van der Waals surface area contributed by atoms with Gasteiger partial charge in [0.1, 0.15) is 5.82 Å². The zero-order valence-electron chi connectivity index (χ0n) is 12.2. The number of halogens is 2. The number of likely N-dealkylation sites (N-methyl/N-ethyl adjacent to an activating group) is 1. The van der Waals surface area contributed by atoms with Gasteiger partial charge in [0.25, 0.3) is 0 Å². The van der Waals surface area contributed by atoms with Crippen LogP contribution in [0, 0.1) is 0 Å². The van der Waals surface area contributed by atoms with E-state index in [0.29, 0.717) is 5.02 Å². The molecule has 0 amide bonds. The molecule has 1 aliphatic heterocycles. The number of imidazole rings is 1. The summed E-state index contributed by atoms with van der Waals surface area (Å²) in [6.07, 6.45) is 0.131. The predicted molar refractivity (Wildman–Crippen MR) is 86.2 cm³/mol. The number of hydrogen-bond acceptors (Lipinski definition) is 3. The van der Waals surface area contributed by atoms with Crippen molar-refractivity contribution < 1.29 is 4.74 Å². The fourth-order valence-electron chi connectivity index (χ4n) is 2.83. The number of aromatic nitrogens is 2. The summed E-state index contributed by atoms with van der Waals surface area (Å²) in [5, 5.41) is 0.530. The van der Waals surface area contributed by atoms with Crippen molar-refractivity contribution in [1.82, 2.24) is 14.5 Å². The molecular weight excluding hydrogens is 309 g/mol. The molecule has 6 heteroatoms. The van der Waals surface area contributed by atoms with E-state index >= 15 is 0 Å². The molecule has 0 N–H and O–H groups in total. The van der Waals surface area contributed by atoms with Crippen LogP contribution in [-0.4, -0.2) is 47.3 Å². The van der Waals surface area contributed by atoms with Crippen LogP contribution in [0.5, 0.6) is 0 Å². The van der Waals surface area contributed by atoms with Gasteiger partial charge in [0.2, 0.25) is 0 Å². The highest BCUT2D eigenvalue weighted by molar-refractivity contribution is 6.35. The highest BCUT2D eigenvalue weighted by atomic mass is 35.5. The number of para-hydroxylation sites is 1. The Morgan fingerprint density at radius 1 is 1.48 bits per heavy atom. The fraction of sp³-hybridized carbons (Fsp3) is 0.533. The van der Waals surface area contributed by atoms with E-state index in [1.165, 1.54) is 0 Å². The third-order valence-electron chi connectivity index (χ3n) is 3.83. The van der Waals surface area contributed by atoms with Crippen molar-refractivity contribution in [3.8, 4) is 0 Å². The number of rotatable bonds is 3. The molecule has 1 aromatic carbocycles. The summed E-state index contributed by atoms with van der Waals surface area (Å²) in [7, 11) is 2.11. The molecule has 0 spiro atoms. The second kappa shape index (κ2) is 6.13. The molecule has 0 radical (unpaired) electrons. The Balaban J connectivity index is 2.00. The Bertz CT molecular complexity index is 641. The van der Waals surface area contributed by atoms with Crippen molar-refractivity contribution in [2.75, 3.05) is 26.7 Å². The zero-order chi connectivity index (χ0) is 15.0. The third kappa shape index (κ3) is 3.04. The average molecular weight is 328 g/mol. The van der Waals surface area contributed by atoms with Crippen molar-refractivity contribution >= 4 is 34.2 Å². The molecule has 1 saturated heterocycles. The first-order chi connectivity index (χ1) is 10.1. The summed E-state index contributed by atoms with van der Waals surface area (Å²) in [4.78, 5) is 6.91. The zero-order valence-corrected chi connectivity index (χ0v) is 13.7. The standard InChI is InChI=1S/C15H19Cl2N3O/c1-10(16)15-18-13-5-3-4-12(17)14(13)20(15)9-11-8-19(2)6-7-21-11/h3-5,10-11H,6-9H2,1-2H3. The number of benzene rings is 1. The molecular formula is C15H19Cl2N3O. The van der Waals surface area contributed by atoms with E-state index in [4.69, 9.17) is 27.9 Å². The molecule has 1 aromatic heterocycles. The van der Waals surface area contributed by atoms with E-state index in [1.54, 1.807) is 0 Å². The quantitative estimate of drug-likeness (QED) is 0.810. The molecule has 2 atom stereocenters. The Morgan fingerprint density at radius 2 is 2.29 bits per heavy atom. The molecule has 0 bridgehead atoms. The van der Waals surface area contributed by atoms with E-state index < -0.39 is 0 Å². The van der Waals surface area contributed by atoms with Crippen LogP contribution in [0.25, 0.3) is 11.0 Å². The van der Waals surface area contributed by atoms with Gasteiger partial charge in [0.05, 0.1) is 40.7 Å². The van der Waals surface area contributed by atoms with Gasteiger partial charge in [0.15, 0.2) is 0 Å². The van der Waals surface area contributed by atoms with Crippen LogP contribution >= 0.6 is 23.2 Å². The van der Waals surface area contributed by atoms with Gasteiger partial charge in [-0.3, -0.25) is 0 Å². The number of morpholine rings is 1. The van der Waals surface area contributed by atoms with Gasteiger partial charge in [-0.2, -0.15) is 0 Å². The lowest BCUT2D eigenvalue weighted by Crippen LogP contribution is -2.42. The number of alkyl halides is 1. The lowest BCUT2D eigenvalue weighted by molar-refractivity contribution is -0.0272. The van der Waals surface area contributed by atoms with Crippen LogP contribution in [0.15, 0.2) is 18.2 Å². The van der Waals surface area contributed by atoms with Crippen LogP contribution in [-0.2, 0) is 11.3 Å². The molecule has 1 fully saturated rings. The monoisotopic (exact) mass is 327 g/mol. The molecule has 4 nitrogen and oxygen atoms in total. The summed E-state index contributed by atoms with van der Waals surface area (Å²) in [5.74, 6) is 0.844. The van der Waals surface area contributed by atoms with E-state index in [0.717, 1.165) is 43.1 Å². The fourth-order valence-corrected chi connectivity index (χ4v) is 3.27. The van der Waals surface area contributed by atoms with Gasteiger partial charge >= 0.3 is 0 Å². The molecule has 3 rings (SSSR count). The molecule has 1 aliphatic rings. The van der Waals surface area contributed by atoms with Crippen molar-refractivity contribution in [2.24, 2.45) is 0 Å². The third-order valence-corrected chi connectivity index (χ3v) is 4.33. The van der Waals surface area contributed by atoms with Crippen LogP contribution in [0.3, 0.4) is 0 Å². The van der Waals surface area contributed by atoms with Crippen molar-refractivity contribution in [3.63, 3.8) is 0 Å². The summed E-state index contributed by atoms with van der Waals surface area (Å²) < 4.78 is 7.98. The van der Waals surface area contributed by atoms with Crippen LogP contribution in [0.1, 0.15) is 18.1 Å². The maximum atomic E-state index is 6.37. The minimum absolute atomic E-state index is 0.131. The molecule has 2 aromatic rings. The SMILES string of the molecule is CC(Cl)c1nc2cccc(Cl)c2n1CC1CN(C)CCO1. The number of ether oxygens (including phenoxy) is 1. The molecule has 2 unspecified atom stereocenters. The Morgan fingerprint density at radius 3 is 3.00 bits per heavy atom. The van der Waals surface area contributed by atoms with Crippen molar-refractivity contribution in [3.05, 3.63) is 29.0 Å². The minimum atomic E-state index is -0.171. The van der Waals surface area contributed by atoms with E-state index in [-0.39, 0.29) is 11.5 Å². The first-order valence-corrected chi connectivity index (χ1v) is 7.96. The summed E-state index contributed by atoms with van der Waals surface area (Å²) in [6, 6.07) is 5.77. The van der Waals surface area contributed by atoms with Crippen LogP contribution < -0.4 is 0 Å². The normalized spacial score (nSPS) is 21.8. The Hall–Kier alpha value is -0.810. The number of hydrogen-bond donors (Lipinski definition) is 0. The molecule has 0 aliphatic carbocycles. The second-order valence-corrected chi connectivity index (χ2v) is 6.62. The summed E-state index contributed by atoms with van der Waals surface area (Å²) in [5.41, 5.74) is 1.83. The van der Waals surface area contributed by atoms with E-state index in [1.807, 2.05) is 25.1 Å². The first kappa shape index (κ1) is 15.1. The van der Waals surface area contributed by atoms with Crippen molar-refractivity contribution in [2.45, 2.75) is 24.9 Å². The van der Waals surface area contributed by atoms with Gasteiger partial charge in [-0.1, -0.05) is 17.7 Å². The van der Waals surface area contributed by atoms with Crippen LogP contribution in [0.2, 0.25) is 5.02 Å². The lowest BCUT2D eigenvalue weighted by Gasteiger charge is -2.30. The van der Waals surface area contributed by atoms with Gasteiger partial charge < -0.3 is 14.2 Å². The van der Waals surface area contributed by atoms with Gasteiger partial charge in [-0.05, 0) is 26.1 Å². The van der Waals surface area contributed by atoms with Crippen LogP contribution in [0.4, 0.5) is 0 Å². The maximum absolute atomic E-state index is 6.37. The largest absolute Gasteiger partial charge is 0.374 e. The van der Waals surface area contributed by atoms with Gasteiger partial charge in [-0.25, -0.2) is 4.98 Å². The molecule has 2 heterocycles. The molecule has 114 valence electrons. The predicted octanol–water partition coefficient (Wildman–Crippen LogP) is 3.32. The molecule has 0 saturated carbocycles. The Labute approximate surface area is 134 Å². The average Bonchev–Trinajstić information content (AvgIpc) is 2.79. The maximum Gasteiger partial charge on any atom is 0.127 e. The van der Waals surface area contributed by atoms with Gasteiger partial charge in [-0.15, -0.1) is 11.6 Å². The van der Waals surface area contributed by atoms with E-state index in [2.05, 4.69) is 21.5 Å². The summed E-state index contributed by atoms with van der Waals surface area (Å²) >= 11 is 12.7. The topological polar surface area (TPSA) is 30.3 Å². The highest BCUT2D eigenvalue weighted by Crippen LogP contribution is 2.29. The second-order valence-electron chi connectivity index (χ2n) is 5.56. The van der Waals surface area contributed by atoms with E-state index in [9.17, 15) is 0 Å². The van der Waals surface area contributed by atoms with Gasteiger partial charge in [0, 0.05) is 13.1 Å². The molecule has 21 heavy (non-hydrogen) atoms. The summed E-state index contributed by atoms with van der Waals surface area (Å²) in [6.45, 7) is 5.28. The number of fused-ring (bicyclic) bond motifs is 1. The lowest BCUT2D eigenvalue weighted by atomic mass is 10.2. The Kier molecular flexibility index (Phi) is 4.41. The smallest absolute Gasteiger partial charge is 0.127 e. The number of nitrogens with zero attached hydrogens (tertiary/aromatic N) is 3. The van der Waals surface area contributed by atoms with Crippen molar-refractivity contribution in [1.29, 1.82) is 0 Å².